The Labute approximate surface area is 206 Å². The molecule has 3 aromatic carbocycles. The van der Waals surface area contributed by atoms with Crippen molar-refractivity contribution in [3.8, 4) is 0 Å². The van der Waals surface area contributed by atoms with Crippen molar-refractivity contribution in [1.82, 2.24) is 5.32 Å². The molecule has 0 bridgehead atoms. The van der Waals surface area contributed by atoms with Crippen LogP contribution in [-0.2, 0) is 14.3 Å². The number of ether oxygens (including phenoxy) is 1. The predicted molar refractivity (Wildman–Crippen MR) is 137 cm³/mol. The highest BCUT2D eigenvalue weighted by atomic mass is 16.5. The third-order valence-corrected chi connectivity index (χ3v) is 5.47. The number of hydrogen-bond donors (Lipinski definition) is 2. The number of amides is 2. The normalized spacial score (nSPS) is 11.4. The Morgan fingerprint density at radius 2 is 1.46 bits per heavy atom. The fourth-order valence-corrected chi connectivity index (χ4v) is 3.73. The zero-order valence-electron chi connectivity index (χ0n) is 20.2. The highest BCUT2D eigenvalue weighted by Crippen LogP contribution is 2.20. The van der Waals surface area contributed by atoms with Gasteiger partial charge in [0.2, 0.25) is 0 Å². The maximum atomic E-state index is 12.9. The summed E-state index contributed by atoms with van der Waals surface area (Å²) in [5, 5.41) is 5.44. The van der Waals surface area contributed by atoms with E-state index in [9.17, 15) is 14.4 Å². The van der Waals surface area contributed by atoms with Crippen LogP contribution in [0.2, 0.25) is 0 Å². The van der Waals surface area contributed by atoms with Gasteiger partial charge in [0, 0.05) is 29.5 Å². The molecule has 7 nitrogen and oxygen atoms in total. The Morgan fingerprint density at radius 3 is 2.03 bits per heavy atom. The molecule has 35 heavy (non-hydrogen) atoms. The van der Waals surface area contributed by atoms with E-state index in [-0.39, 0.29) is 0 Å². The van der Waals surface area contributed by atoms with Gasteiger partial charge in [-0.15, -0.1) is 0 Å². The standard InChI is InChI=1S/C28H31N3O4/c1-4-31(20(2)3)24-17-15-23(16-18-24)29-25(32)19-35-28(34)26(21-11-7-5-8-12-21)30-27(33)22-13-9-6-10-14-22/h5-18,20,26H,4,19H2,1-3H3,(H,29,32)(H,30,33). The highest BCUT2D eigenvalue weighted by Gasteiger charge is 2.25. The van der Waals surface area contributed by atoms with Crippen LogP contribution in [0.25, 0.3) is 0 Å². The fraction of sp³-hybridized carbons (Fsp3) is 0.250. The molecule has 1 unspecified atom stereocenters. The Hall–Kier alpha value is -4.13. The van der Waals surface area contributed by atoms with Crippen LogP contribution in [-0.4, -0.2) is 37.0 Å². The van der Waals surface area contributed by atoms with Crippen molar-refractivity contribution >= 4 is 29.2 Å². The third-order valence-electron chi connectivity index (χ3n) is 5.47. The van der Waals surface area contributed by atoms with Gasteiger partial charge in [-0.3, -0.25) is 9.59 Å². The molecule has 0 aromatic heterocycles. The summed E-state index contributed by atoms with van der Waals surface area (Å²) in [6, 6.07) is 24.2. The quantitative estimate of drug-likeness (QED) is 0.421. The van der Waals surface area contributed by atoms with E-state index in [2.05, 4.69) is 36.3 Å². The SMILES string of the molecule is CCN(c1ccc(NC(=O)COC(=O)C(NC(=O)c2ccccc2)c2ccccc2)cc1)C(C)C. The van der Waals surface area contributed by atoms with E-state index < -0.39 is 30.4 Å². The van der Waals surface area contributed by atoms with E-state index in [1.165, 1.54) is 0 Å². The zero-order chi connectivity index (χ0) is 25.2. The van der Waals surface area contributed by atoms with Crippen molar-refractivity contribution in [2.24, 2.45) is 0 Å². The average molecular weight is 474 g/mol. The molecule has 1 atom stereocenters. The van der Waals surface area contributed by atoms with Crippen LogP contribution in [0.5, 0.6) is 0 Å². The van der Waals surface area contributed by atoms with Gasteiger partial charge in [-0.05, 0) is 62.7 Å². The van der Waals surface area contributed by atoms with Crippen molar-refractivity contribution in [2.75, 3.05) is 23.4 Å². The second-order valence-corrected chi connectivity index (χ2v) is 8.27. The Balaban J connectivity index is 1.61. The molecular weight excluding hydrogens is 442 g/mol. The largest absolute Gasteiger partial charge is 0.454 e. The Morgan fingerprint density at radius 1 is 0.857 bits per heavy atom. The summed E-state index contributed by atoms with van der Waals surface area (Å²) in [5.41, 5.74) is 2.64. The van der Waals surface area contributed by atoms with E-state index in [1.54, 1.807) is 54.6 Å². The lowest BCUT2D eigenvalue weighted by molar-refractivity contribution is -0.149. The molecule has 182 valence electrons. The number of esters is 1. The molecule has 3 aromatic rings. The van der Waals surface area contributed by atoms with Crippen LogP contribution in [0.15, 0.2) is 84.9 Å². The van der Waals surface area contributed by atoms with Gasteiger partial charge in [-0.2, -0.15) is 0 Å². The molecule has 0 saturated carbocycles. The molecule has 2 N–H and O–H groups in total. The van der Waals surface area contributed by atoms with Crippen LogP contribution in [0.3, 0.4) is 0 Å². The van der Waals surface area contributed by atoms with Gasteiger partial charge in [0.15, 0.2) is 12.6 Å². The molecule has 0 heterocycles. The second-order valence-electron chi connectivity index (χ2n) is 8.27. The van der Waals surface area contributed by atoms with Crippen molar-refractivity contribution < 1.29 is 19.1 Å². The summed E-state index contributed by atoms with van der Waals surface area (Å²) < 4.78 is 5.27. The molecule has 0 spiro atoms. The molecule has 0 saturated heterocycles. The molecule has 7 heteroatoms. The number of carbonyl (C=O) groups is 3. The first-order valence-electron chi connectivity index (χ1n) is 11.6. The van der Waals surface area contributed by atoms with E-state index in [0.717, 1.165) is 12.2 Å². The molecule has 2 amide bonds. The van der Waals surface area contributed by atoms with Gasteiger partial charge in [0.05, 0.1) is 0 Å². The summed E-state index contributed by atoms with van der Waals surface area (Å²) in [7, 11) is 0. The summed E-state index contributed by atoms with van der Waals surface area (Å²) in [6.45, 7) is 6.74. The van der Waals surface area contributed by atoms with Gasteiger partial charge in [-0.1, -0.05) is 48.5 Å². The van der Waals surface area contributed by atoms with Gasteiger partial charge in [0.25, 0.3) is 11.8 Å². The van der Waals surface area contributed by atoms with E-state index >= 15 is 0 Å². The van der Waals surface area contributed by atoms with Crippen LogP contribution >= 0.6 is 0 Å². The third kappa shape index (κ3) is 7.17. The maximum absolute atomic E-state index is 12.9. The Kier molecular flexibility index (Phi) is 9.01. The Bertz CT molecular complexity index is 1120. The van der Waals surface area contributed by atoms with Gasteiger partial charge in [0.1, 0.15) is 0 Å². The van der Waals surface area contributed by atoms with Crippen molar-refractivity contribution in [3.63, 3.8) is 0 Å². The summed E-state index contributed by atoms with van der Waals surface area (Å²) in [5.74, 6) is -1.60. The number of anilines is 2. The smallest absolute Gasteiger partial charge is 0.333 e. The lowest BCUT2D eigenvalue weighted by Gasteiger charge is -2.27. The van der Waals surface area contributed by atoms with Crippen molar-refractivity contribution in [2.45, 2.75) is 32.9 Å². The lowest BCUT2D eigenvalue weighted by Crippen LogP contribution is -2.36. The minimum absolute atomic E-state index is 0.361. The lowest BCUT2D eigenvalue weighted by atomic mass is 10.1. The number of rotatable bonds is 10. The number of nitrogens with one attached hydrogen (secondary N) is 2. The number of benzene rings is 3. The maximum Gasteiger partial charge on any atom is 0.333 e. The topological polar surface area (TPSA) is 87.7 Å². The monoisotopic (exact) mass is 473 g/mol. The van der Waals surface area contributed by atoms with E-state index in [4.69, 9.17) is 4.74 Å². The first kappa shape index (κ1) is 25.5. The van der Waals surface area contributed by atoms with Crippen LogP contribution in [0.1, 0.15) is 42.7 Å². The minimum atomic E-state index is -1.05. The molecule has 0 aliphatic rings. The van der Waals surface area contributed by atoms with Crippen LogP contribution in [0.4, 0.5) is 11.4 Å². The minimum Gasteiger partial charge on any atom is -0.454 e. The fourth-order valence-electron chi connectivity index (χ4n) is 3.73. The molecule has 0 fully saturated rings. The molecular formula is C28H31N3O4. The number of hydrogen-bond acceptors (Lipinski definition) is 5. The molecule has 0 aliphatic carbocycles. The van der Waals surface area contributed by atoms with E-state index in [1.807, 2.05) is 30.3 Å². The summed E-state index contributed by atoms with van der Waals surface area (Å²) in [6.07, 6.45) is 0. The van der Waals surface area contributed by atoms with E-state index in [0.29, 0.717) is 22.9 Å². The first-order valence-corrected chi connectivity index (χ1v) is 11.6. The molecule has 0 aliphatic heterocycles. The molecule has 3 rings (SSSR count). The van der Waals surface area contributed by atoms with Crippen LogP contribution < -0.4 is 15.5 Å². The van der Waals surface area contributed by atoms with Gasteiger partial charge >= 0.3 is 5.97 Å². The zero-order valence-corrected chi connectivity index (χ0v) is 20.2. The summed E-state index contributed by atoms with van der Waals surface area (Å²) >= 11 is 0. The molecule has 0 radical (unpaired) electrons. The van der Waals surface area contributed by atoms with Gasteiger partial charge in [-0.25, -0.2) is 4.79 Å². The highest BCUT2D eigenvalue weighted by molar-refractivity contribution is 5.98. The number of carbonyl (C=O) groups excluding carboxylic acids is 3. The second kappa shape index (κ2) is 12.4. The van der Waals surface area contributed by atoms with Crippen LogP contribution in [0, 0.1) is 0 Å². The average Bonchev–Trinajstić information content (AvgIpc) is 2.88. The predicted octanol–water partition coefficient (Wildman–Crippen LogP) is 4.57. The van der Waals surface area contributed by atoms with Crippen molar-refractivity contribution in [3.05, 3.63) is 96.1 Å². The van der Waals surface area contributed by atoms with Crippen molar-refractivity contribution in [1.29, 1.82) is 0 Å². The van der Waals surface area contributed by atoms with Gasteiger partial charge < -0.3 is 20.3 Å². The number of nitrogens with zero attached hydrogens (tertiary/aromatic N) is 1. The summed E-state index contributed by atoms with van der Waals surface area (Å²) in [4.78, 5) is 40.2. The first-order chi connectivity index (χ1) is 16.9.